The molecule has 1 aromatic heterocycles. The van der Waals surface area contributed by atoms with Gasteiger partial charge in [-0.3, -0.25) is 9.59 Å². The number of nitrogens with two attached hydrogens (primary N) is 1. The first-order chi connectivity index (χ1) is 13.0. The van der Waals surface area contributed by atoms with Gasteiger partial charge >= 0.3 is 0 Å². The predicted octanol–water partition coefficient (Wildman–Crippen LogP) is 2.52. The number of nitrogens with zero attached hydrogens (tertiary/aromatic N) is 1. The van der Waals surface area contributed by atoms with E-state index in [1.807, 2.05) is 48.5 Å². The monoisotopic (exact) mass is 363 g/mol. The highest BCUT2D eigenvalue weighted by Crippen LogP contribution is 2.41. The molecule has 4 rings (SSSR count). The molecule has 27 heavy (non-hydrogen) atoms. The van der Waals surface area contributed by atoms with E-state index in [1.165, 1.54) is 6.92 Å². The van der Waals surface area contributed by atoms with E-state index in [0.29, 0.717) is 6.42 Å². The number of H-pyrrole nitrogens is 1. The van der Waals surface area contributed by atoms with E-state index < -0.39 is 18.0 Å². The molecule has 1 aliphatic heterocycles. The Hall–Kier alpha value is -3.28. The molecular weight excluding hydrogens is 342 g/mol. The lowest BCUT2D eigenvalue weighted by Crippen LogP contribution is -2.52. The van der Waals surface area contributed by atoms with Crippen LogP contribution in [0.1, 0.15) is 29.8 Å². The average molecular weight is 363 g/mol. The lowest BCUT2D eigenvalue weighted by atomic mass is 9.87. The number of hydrogen-bond acceptors (Lipinski definition) is 3. The first-order valence-electron chi connectivity index (χ1n) is 8.83. The fourth-order valence-corrected chi connectivity index (χ4v) is 4.04. The van der Waals surface area contributed by atoms with Gasteiger partial charge in [0.05, 0.1) is 13.2 Å². The molecule has 2 atom stereocenters. The Morgan fingerprint density at radius 2 is 1.85 bits per heavy atom. The molecule has 6 heteroatoms. The third-order valence-electron chi connectivity index (χ3n) is 5.26. The molecule has 0 bridgehead atoms. The van der Waals surface area contributed by atoms with E-state index >= 15 is 0 Å². The summed E-state index contributed by atoms with van der Waals surface area (Å²) in [7, 11) is 1.61. The topological polar surface area (TPSA) is 88.4 Å². The van der Waals surface area contributed by atoms with Gasteiger partial charge in [0.1, 0.15) is 11.8 Å². The van der Waals surface area contributed by atoms with Crippen molar-refractivity contribution in [2.75, 3.05) is 7.11 Å². The van der Waals surface area contributed by atoms with Crippen LogP contribution in [0.5, 0.6) is 5.75 Å². The van der Waals surface area contributed by atoms with Crippen LogP contribution in [-0.2, 0) is 16.0 Å². The highest BCUT2D eigenvalue weighted by Gasteiger charge is 2.41. The summed E-state index contributed by atoms with van der Waals surface area (Å²) in [5, 5.41) is 1.06. The van der Waals surface area contributed by atoms with Crippen molar-refractivity contribution in [2.24, 2.45) is 5.73 Å². The molecule has 1 aliphatic rings. The number of benzene rings is 2. The van der Waals surface area contributed by atoms with Crippen molar-refractivity contribution in [3.05, 3.63) is 65.4 Å². The number of ether oxygens (including phenoxy) is 1. The Labute approximate surface area is 156 Å². The SMILES string of the molecule is COc1ccc(C2c3[nH]c4ccccc4c3C[C@H](C(N)=O)N2C(C)=O)cc1. The molecule has 2 aromatic carbocycles. The standard InChI is InChI=1S/C21H21N3O3/c1-12(25)24-18(21(22)26)11-16-15-5-3-4-6-17(15)23-19(16)20(24)13-7-9-14(27-2)10-8-13/h3-10,18,20,23H,11H2,1-2H3,(H2,22,26)/t18-,20?/m1/s1. The molecule has 6 nitrogen and oxygen atoms in total. The summed E-state index contributed by atoms with van der Waals surface area (Å²) < 4.78 is 5.25. The van der Waals surface area contributed by atoms with Crippen molar-refractivity contribution in [1.82, 2.24) is 9.88 Å². The van der Waals surface area contributed by atoms with Crippen molar-refractivity contribution < 1.29 is 14.3 Å². The molecule has 0 spiro atoms. The molecule has 3 aromatic rings. The maximum absolute atomic E-state index is 12.5. The van der Waals surface area contributed by atoms with Crippen LogP contribution in [-0.4, -0.2) is 34.8 Å². The van der Waals surface area contributed by atoms with Crippen molar-refractivity contribution >= 4 is 22.7 Å². The third-order valence-corrected chi connectivity index (χ3v) is 5.26. The summed E-state index contributed by atoms with van der Waals surface area (Å²) in [6.07, 6.45) is 0.404. The number of hydrogen-bond donors (Lipinski definition) is 2. The Morgan fingerprint density at radius 3 is 2.48 bits per heavy atom. The molecule has 1 unspecified atom stereocenters. The summed E-state index contributed by atoms with van der Waals surface area (Å²) in [6, 6.07) is 14.4. The Balaban J connectivity index is 1.96. The van der Waals surface area contributed by atoms with Crippen LogP contribution in [0.4, 0.5) is 0 Å². The minimum atomic E-state index is -0.693. The fourth-order valence-electron chi connectivity index (χ4n) is 4.04. The van der Waals surface area contributed by atoms with Crippen molar-refractivity contribution in [3.63, 3.8) is 0 Å². The number of nitrogens with one attached hydrogen (secondary N) is 1. The number of amides is 2. The molecular formula is C21H21N3O3. The number of primary amides is 1. The first kappa shape index (κ1) is 17.1. The van der Waals surface area contributed by atoms with Crippen molar-refractivity contribution in [1.29, 1.82) is 0 Å². The van der Waals surface area contributed by atoms with Gasteiger partial charge in [-0.1, -0.05) is 30.3 Å². The maximum Gasteiger partial charge on any atom is 0.240 e. The normalized spacial score (nSPS) is 19.0. The summed E-state index contributed by atoms with van der Waals surface area (Å²) in [5.74, 6) is 0.0378. The zero-order valence-corrected chi connectivity index (χ0v) is 15.2. The highest BCUT2D eigenvalue weighted by atomic mass is 16.5. The molecule has 0 fully saturated rings. The van der Waals surface area contributed by atoms with E-state index in [4.69, 9.17) is 10.5 Å². The van der Waals surface area contributed by atoms with Crippen LogP contribution in [0.25, 0.3) is 10.9 Å². The summed E-state index contributed by atoms with van der Waals surface area (Å²) in [6.45, 7) is 1.47. The van der Waals surface area contributed by atoms with Gasteiger partial charge in [0.25, 0.3) is 0 Å². The summed E-state index contributed by atoms with van der Waals surface area (Å²) in [5.41, 5.74) is 9.52. The Morgan fingerprint density at radius 1 is 1.15 bits per heavy atom. The molecule has 138 valence electrons. The molecule has 3 N–H and O–H groups in total. The minimum absolute atomic E-state index is 0.191. The number of aromatic nitrogens is 1. The van der Waals surface area contributed by atoms with Gasteiger partial charge in [0.15, 0.2) is 0 Å². The van der Waals surface area contributed by atoms with Gasteiger partial charge in [0, 0.05) is 29.9 Å². The average Bonchev–Trinajstić information content (AvgIpc) is 3.05. The fraction of sp³-hybridized carbons (Fsp3) is 0.238. The van der Waals surface area contributed by atoms with Crippen LogP contribution in [0.3, 0.4) is 0 Å². The van der Waals surface area contributed by atoms with Crippen molar-refractivity contribution in [2.45, 2.75) is 25.4 Å². The minimum Gasteiger partial charge on any atom is -0.497 e. The lowest BCUT2D eigenvalue weighted by Gasteiger charge is -2.40. The van der Waals surface area contributed by atoms with Gasteiger partial charge in [-0.2, -0.15) is 0 Å². The zero-order chi connectivity index (χ0) is 19.1. The van der Waals surface area contributed by atoms with Crippen LogP contribution in [0.15, 0.2) is 48.5 Å². The Bertz CT molecular complexity index is 1020. The number of carbonyl (C=O) groups is 2. The number of fused-ring (bicyclic) bond motifs is 3. The van der Waals surface area contributed by atoms with Crippen LogP contribution < -0.4 is 10.5 Å². The van der Waals surface area contributed by atoms with E-state index in [2.05, 4.69) is 4.98 Å². The number of methoxy groups -OCH3 is 1. The van der Waals surface area contributed by atoms with Gasteiger partial charge < -0.3 is 20.4 Å². The van der Waals surface area contributed by atoms with Crippen molar-refractivity contribution in [3.8, 4) is 5.75 Å². The summed E-state index contributed by atoms with van der Waals surface area (Å²) in [4.78, 5) is 29.8. The largest absolute Gasteiger partial charge is 0.497 e. The van der Waals surface area contributed by atoms with Crippen LogP contribution >= 0.6 is 0 Å². The number of aromatic amines is 1. The van der Waals surface area contributed by atoms with Gasteiger partial charge in [-0.15, -0.1) is 0 Å². The number of para-hydroxylation sites is 1. The molecule has 2 heterocycles. The van der Waals surface area contributed by atoms with E-state index in [1.54, 1.807) is 12.0 Å². The Kier molecular flexibility index (Phi) is 4.11. The molecule has 0 saturated heterocycles. The zero-order valence-electron chi connectivity index (χ0n) is 15.2. The second-order valence-corrected chi connectivity index (χ2v) is 6.79. The van der Waals surface area contributed by atoms with Crippen LogP contribution in [0.2, 0.25) is 0 Å². The van der Waals surface area contributed by atoms with Gasteiger partial charge in [0.2, 0.25) is 11.8 Å². The van der Waals surface area contributed by atoms with E-state index in [-0.39, 0.29) is 5.91 Å². The third kappa shape index (κ3) is 2.73. The maximum atomic E-state index is 12.5. The smallest absolute Gasteiger partial charge is 0.240 e. The summed E-state index contributed by atoms with van der Waals surface area (Å²) >= 11 is 0. The first-order valence-corrected chi connectivity index (χ1v) is 8.83. The number of carbonyl (C=O) groups excluding carboxylic acids is 2. The van der Waals surface area contributed by atoms with E-state index in [0.717, 1.165) is 33.5 Å². The van der Waals surface area contributed by atoms with Gasteiger partial charge in [-0.05, 0) is 29.3 Å². The second-order valence-electron chi connectivity index (χ2n) is 6.79. The molecule has 0 saturated carbocycles. The lowest BCUT2D eigenvalue weighted by molar-refractivity contribution is -0.140. The van der Waals surface area contributed by atoms with Gasteiger partial charge in [-0.25, -0.2) is 0 Å². The molecule has 0 radical (unpaired) electrons. The van der Waals surface area contributed by atoms with E-state index in [9.17, 15) is 9.59 Å². The van der Waals surface area contributed by atoms with Crippen LogP contribution in [0, 0.1) is 0 Å². The predicted molar refractivity (Wildman–Crippen MR) is 102 cm³/mol. The molecule has 0 aliphatic carbocycles. The highest BCUT2D eigenvalue weighted by molar-refractivity contribution is 5.91. The quantitative estimate of drug-likeness (QED) is 0.749. The number of rotatable bonds is 3. The molecule has 2 amide bonds. The second kappa shape index (κ2) is 6.46.